The number of terminal acetylenes is 1. The predicted octanol–water partition coefficient (Wildman–Crippen LogP) is 1.91. The van der Waals surface area contributed by atoms with Crippen molar-refractivity contribution in [3.8, 4) is 12.3 Å². The van der Waals surface area contributed by atoms with Crippen LogP contribution in [0.1, 0.15) is 24.9 Å². The lowest BCUT2D eigenvalue weighted by atomic mass is 9.91. The van der Waals surface area contributed by atoms with Gasteiger partial charge in [0.2, 0.25) is 0 Å². The molecule has 1 rings (SSSR count). The van der Waals surface area contributed by atoms with Crippen molar-refractivity contribution in [2.75, 3.05) is 0 Å². The van der Waals surface area contributed by atoms with Crippen molar-refractivity contribution < 1.29 is 4.79 Å². The van der Waals surface area contributed by atoms with Gasteiger partial charge >= 0.3 is 0 Å². The predicted molar refractivity (Wildman–Crippen MR) is 61.0 cm³/mol. The highest BCUT2D eigenvalue weighted by molar-refractivity contribution is 5.83. The minimum absolute atomic E-state index is 0.0221. The summed E-state index contributed by atoms with van der Waals surface area (Å²) in [5.41, 5.74) is 6.95. The molecule has 0 aromatic heterocycles. The molecule has 0 saturated heterocycles. The van der Waals surface area contributed by atoms with Gasteiger partial charge in [-0.25, -0.2) is 0 Å². The first-order valence-corrected chi connectivity index (χ1v) is 4.93. The highest BCUT2D eigenvalue weighted by atomic mass is 16.1. The van der Waals surface area contributed by atoms with Crippen molar-refractivity contribution in [2.24, 2.45) is 11.7 Å². The fraction of sp³-hybridized carbons (Fsp3) is 0.308. The van der Waals surface area contributed by atoms with Gasteiger partial charge in [-0.3, -0.25) is 4.79 Å². The summed E-state index contributed by atoms with van der Waals surface area (Å²) in [5.74, 6) is 2.14. The van der Waals surface area contributed by atoms with Crippen LogP contribution in [0.4, 0.5) is 0 Å². The molecule has 2 heteroatoms. The fourth-order valence-corrected chi connectivity index (χ4v) is 1.43. The average Bonchev–Trinajstić information content (AvgIpc) is 2.28. The van der Waals surface area contributed by atoms with E-state index in [1.54, 1.807) is 0 Å². The maximum absolute atomic E-state index is 11.5. The van der Waals surface area contributed by atoms with Gasteiger partial charge in [0.1, 0.15) is 5.78 Å². The highest BCUT2D eigenvalue weighted by Gasteiger charge is 2.20. The maximum Gasteiger partial charge on any atom is 0.149 e. The van der Waals surface area contributed by atoms with Crippen LogP contribution in [0.2, 0.25) is 0 Å². The molecule has 0 aliphatic rings. The van der Waals surface area contributed by atoms with E-state index in [1.807, 2.05) is 37.3 Å². The van der Waals surface area contributed by atoms with Gasteiger partial charge in [0, 0.05) is 12.0 Å². The van der Waals surface area contributed by atoms with Crippen LogP contribution < -0.4 is 5.73 Å². The fourth-order valence-electron chi connectivity index (χ4n) is 1.43. The number of benzene rings is 1. The van der Waals surface area contributed by atoms with Gasteiger partial charge in [-0.05, 0) is 5.56 Å². The van der Waals surface area contributed by atoms with E-state index in [2.05, 4.69) is 5.92 Å². The Morgan fingerprint density at radius 3 is 2.60 bits per heavy atom. The molecule has 2 atom stereocenters. The van der Waals surface area contributed by atoms with Crippen LogP contribution in [0.15, 0.2) is 30.3 Å². The number of hydrogen-bond acceptors (Lipinski definition) is 2. The van der Waals surface area contributed by atoms with Gasteiger partial charge in [0.25, 0.3) is 0 Å². The van der Waals surface area contributed by atoms with Crippen molar-refractivity contribution in [3.63, 3.8) is 0 Å². The molecular formula is C13H15NO. The van der Waals surface area contributed by atoms with Gasteiger partial charge < -0.3 is 5.73 Å². The Kier molecular flexibility index (Phi) is 4.08. The molecule has 0 radical (unpaired) electrons. The highest BCUT2D eigenvalue weighted by Crippen LogP contribution is 2.20. The second-order valence-electron chi connectivity index (χ2n) is 3.57. The Labute approximate surface area is 90.5 Å². The smallest absolute Gasteiger partial charge is 0.149 e. The number of Topliss-reactive ketones (excluding diaryl/α,β-unsaturated/α-hetero) is 1. The number of nitrogens with two attached hydrogens (primary N) is 1. The molecule has 0 bridgehead atoms. The lowest BCUT2D eigenvalue weighted by Crippen LogP contribution is -2.25. The molecule has 1 aromatic rings. The van der Waals surface area contributed by atoms with Crippen molar-refractivity contribution in [1.29, 1.82) is 0 Å². The molecule has 0 aliphatic carbocycles. The number of ketones is 1. The molecular weight excluding hydrogens is 186 g/mol. The van der Waals surface area contributed by atoms with Crippen molar-refractivity contribution in [1.82, 2.24) is 0 Å². The molecule has 0 spiro atoms. The first kappa shape index (κ1) is 11.5. The first-order valence-electron chi connectivity index (χ1n) is 4.93. The van der Waals surface area contributed by atoms with Gasteiger partial charge in [-0.2, -0.15) is 0 Å². The normalized spacial score (nSPS) is 13.9. The Hall–Kier alpha value is -1.59. The zero-order valence-electron chi connectivity index (χ0n) is 8.81. The zero-order chi connectivity index (χ0) is 11.3. The SMILES string of the molecule is C#CCC(=O)C(C)C(N)c1ccccc1. The number of carbonyl (C=O) groups is 1. The molecule has 0 heterocycles. The largest absolute Gasteiger partial charge is 0.323 e. The van der Waals surface area contributed by atoms with E-state index in [9.17, 15) is 4.79 Å². The Morgan fingerprint density at radius 1 is 1.47 bits per heavy atom. The second kappa shape index (κ2) is 5.33. The molecule has 78 valence electrons. The van der Waals surface area contributed by atoms with E-state index in [-0.39, 0.29) is 24.2 Å². The minimum Gasteiger partial charge on any atom is -0.323 e. The molecule has 2 nitrogen and oxygen atoms in total. The van der Waals surface area contributed by atoms with Crippen LogP contribution in [-0.4, -0.2) is 5.78 Å². The summed E-state index contributed by atoms with van der Waals surface area (Å²) >= 11 is 0. The lowest BCUT2D eigenvalue weighted by Gasteiger charge is -2.18. The molecule has 2 N–H and O–H groups in total. The molecule has 0 aliphatic heterocycles. The Morgan fingerprint density at radius 2 is 2.07 bits per heavy atom. The summed E-state index contributed by atoms with van der Waals surface area (Å²) < 4.78 is 0. The molecule has 1 aromatic carbocycles. The van der Waals surface area contributed by atoms with Crippen LogP contribution in [0.5, 0.6) is 0 Å². The topological polar surface area (TPSA) is 43.1 Å². The van der Waals surface area contributed by atoms with Crippen molar-refractivity contribution in [3.05, 3.63) is 35.9 Å². The molecule has 0 saturated carbocycles. The minimum atomic E-state index is -0.271. The van der Waals surface area contributed by atoms with Crippen molar-refractivity contribution >= 4 is 5.78 Å². The third-order valence-corrected chi connectivity index (χ3v) is 2.51. The van der Waals surface area contributed by atoms with Crippen LogP contribution in [-0.2, 0) is 4.79 Å². The van der Waals surface area contributed by atoms with Gasteiger partial charge in [-0.15, -0.1) is 6.42 Å². The van der Waals surface area contributed by atoms with Gasteiger partial charge in [0.15, 0.2) is 0 Å². The Bertz CT molecular complexity index is 364. The lowest BCUT2D eigenvalue weighted by molar-refractivity contribution is -0.122. The van der Waals surface area contributed by atoms with E-state index >= 15 is 0 Å². The third-order valence-electron chi connectivity index (χ3n) is 2.51. The Balaban J connectivity index is 2.73. The van der Waals surface area contributed by atoms with E-state index in [4.69, 9.17) is 12.2 Å². The monoisotopic (exact) mass is 201 g/mol. The van der Waals surface area contributed by atoms with Crippen LogP contribution >= 0.6 is 0 Å². The first-order chi connectivity index (χ1) is 7.16. The van der Waals surface area contributed by atoms with Crippen LogP contribution in [0, 0.1) is 18.3 Å². The molecule has 0 amide bonds. The summed E-state index contributed by atoms with van der Waals surface area (Å²) in [6.45, 7) is 1.82. The number of rotatable bonds is 4. The van der Waals surface area contributed by atoms with Crippen LogP contribution in [0.3, 0.4) is 0 Å². The summed E-state index contributed by atoms with van der Waals surface area (Å²) in [5, 5.41) is 0. The average molecular weight is 201 g/mol. The summed E-state index contributed by atoms with van der Waals surface area (Å²) in [4.78, 5) is 11.5. The second-order valence-corrected chi connectivity index (χ2v) is 3.57. The van der Waals surface area contributed by atoms with Crippen LogP contribution in [0.25, 0.3) is 0 Å². The maximum atomic E-state index is 11.5. The quantitative estimate of drug-likeness (QED) is 0.756. The number of carbonyl (C=O) groups excluding carboxylic acids is 1. The summed E-state index contributed by atoms with van der Waals surface area (Å²) in [6.07, 6.45) is 5.25. The van der Waals surface area contributed by atoms with Crippen molar-refractivity contribution in [2.45, 2.75) is 19.4 Å². The van der Waals surface area contributed by atoms with Gasteiger partial charge in [-0.1, -0.05) is 43.2 Å². The third kappa shape index (κ3) is 2.93. The molecule has 2 unspecified atom stereocenters. The number of hydrogen-bond donors (Lipinski definition) is 1. The van der Waals surface area contributed by atoms with E-state index < -0.39 is 0 Å². The van der Waals surface area contributed by atoms with E-state index in [0.717, 1.165) is 5.56 Å². The molecule has 0 fully saturated rings. The zero-order valence-corrected chi connectivity index (χ0v) is 8.81. The summed E-state index contributed by atoms with van der Waals surface area (Å²) in [7, 11) is 0. The standard InChI is InChI=1S/C13H15NO/c1-3-7-12(15)10(2)13(14)11-8-5-4-6-9-11/h1,4-6,8-10,13H,7,14H2,2H3. The summed E-state index contributed by atoms with van der Waals surface area (Å²) in [6, 6.07) is 9.31. The molecule has 15 heavy (non-hydrogen) atoms. The van der Waals surface area contributed by atoms with Gasteiger partial charge in [0.05, 0.1) is 6.42 Å². The van der Waals surface area contributed by atoms with E-state index in [0.29, 0.717) is 0 Å². The van der Waals surface area contributed by atoms with E-state index in [1.165, 1.54) is 0 Å².